The van der Waals surface area contributed by atoms with Gasteiger partial charge in [-0.3, -0.25) is 4.79 Å². The fraction of sp³-hybridized carbons (Fsp3) is 0.182. The molecule has 2 aromatic rings. The maximum absolute atomic E-state index is 11.7. The zero-order valence-corrected chi connectivity index (χ0v) is 7.77. The molecule has 2 rings (SSSR count). The van der Waals surface area contributed by atoms with Crippen LogP contribution in [0.2, 0.25) is 0 Å². The number of aryl methyl sites for hydroxylation is 1. The van der Waals surface area contributed by atoms with Gasteiger partial charge >= 0.3 is 0 Å². The number of allylic oxidation sites excluding steroid dienone is 1. The van der Waals surface area contributed by atoms with Gasteiger partial charge in [0.1, 0.15) is 0 Å². The number of para-hydroxylation sites is 1. The van der Waals surface area contributed by atoms with Crippen LogP contribution in [0.4, 0.5) is 0 Å². The third kappa shape index (κ3) is 1.37. The molecule has 1 aromatic heterocycles. The summed E-state index contributed by atoms with van der Waals surface area (Å²) in [6.45, 7) is 4.15. The van der Waals surface area contributed by atoms with Crippen molar-refractivity contribution in [3.05, 3.63) is 47.3 Å². The summed E-state index contributed by atoms with van der Waals surface area (Å²) in [5.74, 6) is 0. The summed E-state index contributed by atoms with van der Waals surface area (Å²) in [7, 11) is 0. The molecule has 14 heavy (non-hydrogen) atoms. The van der Waals surface area contributed by atoms with E-state index >= 15 is 0 Å². The lowest BCUT2D eigenvalue weighted by Gasteiger charge is -1.93. The van der Waals surface area contributed by atoms with Gasteiger partial charge < -0.3 is 4.52 Å². The summed E-state index contributed by atoms with van der Waals surface area (Å²) in [5.41, 5.74) is 0.573. The monoisotopic (exact) mass is 189 g/mol. The van der Waals surface area contributed by atoms with Crippen LogP contribution in [0, 0.1) is 0 Å². The first-order valence-electron chi connectivity index (χ1n) is 4.52. The Bertz CT molecular complexity index is 507. The minimum absolute atomic E-state index is 0.0672. The quantitative estimate of drug-likeness (QED) is 0.693. The molecular weight excluding hydrogens is 178 g/mol. The first-order chi connectivity index (χ1) is 6.83. The summed E-state index contributed by atoms with van der Waals surface area (Å²) < 4.78 is 6.72. The van der Waals surface area contributed by atoms with E-state index in [9.17, 15) is 4.79 Å². The van der Waals surface area contributed by atoms with Gasteiger partial charge in [-0.2, -0.15) is 4.74 Å². The summed E-state index contributed by atoms with van der Waals surface area (Å²) in [6, 6.07) is 7.24. The van der Waals surface area contributed by atoms with E-state index in [1.165, 1.54) is 4.74 Å². The first-order valence-corrected chi connectivity index (χ1v) is 4.52. The van der Waals surface area contributed by atoms with Crippen molar-refractivity contribution in [2.24, 2.45) is 0 Å². The Kier molecular flexibility index (Phi) is 2.23. The third-order valence-electron chi connectivity index (χ3n) is 2.09. The fourth-order valence-corrected chi connectivity index (χ4v) is 1.37. The van der Waals surface area contributed by atoms with Gasteiger partial charge in [-0.1, -0.05) is 18.2 Å². The van der Waals surface area contributed by atoms with Gasteiger partial charge in [-0.15, -0.1) is 6.58 Å². The minimum Gasteiger partial charge on any atom is -0.376 e. The topological polar surface area (TPSA) is 35.1 Å². The van der Waals surface area contributed by atoms with Crippen molar-refractivity contribution in [2.45, 2.75) is 13.0 Å². The van der Waals surface area contributed by atoms with Crippen LogP contribution in [0.5, 0.6) is 0 Å². The molecule has 0 aliphatic carbocycles. The average Bonchev–Trinajstić information content (AvgIpc) is 2.54. The van der Waals surface area contributed by atoms with Crippen LogP contribution in [0.15, 0.2) is 46.2 Å². The number of hydrogen-bond acceptors (Lipinski definition) is 2. The molecule has 0 atom stereocenters. The molecule has 0 aliphatic rings. The predicted octanol–water partition coefficient (Wildman–Crippen LogP) is 2.17. The van der Waals surface area contributed by atoms with Crippen molar-refractivity contribution in [2.75, 3.05) is 0 Å². The molecule has 0 fully saturated rings. The van der Waals surface area contributed by atoms with E-state index in [4.69, 9.17) is 4.52 Å². The normalized spacial score (nSPS) is 10.6. The zero-order chi connectivity index (χ0) is 9.97. The third-order valence-corrected chi connectivity index (χ3v) is 2.09. The highest BCUT2D eigenvalue weighted by atomic mass is 16.5. The largest absolute Gasteiger partial charge is 0.376 e. The van der Waals surface area contributed by atoms with Crippen LogP contribution in [-0.2, 0) is 6.54 Å². The second-order valence-electron chi connectivity index (χ2n) is 3.07. The van der Waals surface area contributed by atoms with Gasteiger partial charge in [0.2, 0.25) is 0 Å². The Morgan fingerprint density at radius 3 is 2.93 bits per heavy atom. The molecular formula is C11H11NO2. The molecule has 0 bridgehead atoms. The number of hydrogen-bond donors (Lipinski definition) is 0. The second-order valence-corrected chi connectivity index (χ2v) is 3.07. The van der Waals surface area contributed by atoms with Gasteiger partial charge in [0, 0.05) is 0 Å². The summed E-state index contributed by atoms with van der Waals surface area (Å²) >= 11 is 0. The smallest absolute Gasteiger partial charge is 0.290 e. The molecule has 0 aliphatic heterocycles. The van der Waals surface area contributed by atoms with Crippen LogP contribution in [0.25, 0.3) is 11.0 Å². The van der Waals surface area contributed by atoms with Crippen molar-refractivity contribution in [1.82, 2.24) is 4.74 Å². The van der Waals surface area contributed by atoms with Gasteiger partial charge in [0.25, 0.3) is 5.56 Å². The summed E-state index contributed by atoms with van der Waals surface area (Å²) in [5, 5.41) is 0.636. The van der Waals surface area contributed by atoms with Crippen molar-refractivity contribution >= 4 is 11.0 Å². The van der Waals surface area contributed by atoms with Crippen LogP contribution >= 0.6 is 0 Å². The van der Waals surface area contributed by atoms with E-state index in [0.717, 1.165) is 6.42 Å². The molecule has 0 amide bonds. The molecule has 0 saturated heterocycles. The van der Waals surface area contributed by atoms with Gasteiger partial charge in [-0.05, 0) is 18.6 Å². The van der Waals surface area contributed by atoms with E-state index in [2.05, 4.69) is 6.58 Å². The van der Waals surface area contributed by atoms with Crippen molar-refractivity contribution in [3.63, 3.8) is 0 Å². The Labute approximate surface area is 81.2 Å². The number of nitrogens with zero attached hydrogens (tertiary/aromatic N) is 1. The Hall–Kier alpha value is -1.77. The van der Waals surface area contributed by atoms with Gasteiger partial charge in [0.05, 0.1) is 11.9 Å². The summed E-state index contributed by atoms with van der Waals surface area (Å²) in [4.78, 5) is 11.7. The maximum atomic E-state index is 11.7. The van der Waals surface area contributed by atoms with Gasteiger partial charge in [0.15, 0.2) is 5.58 Å². The highest BCUT2D eigenvalue weighted by Crippen LogP contribution is 2.09. The van der Waals surface area contributed by atoms with E-state index in [-0.39, 0.29) is 5.56 Å². The van der Waals surface area contributed by atoms with Crippen LogP contribution < -0.4 is 5.56 Å². The fourth-order valence-electron chi connectivity index (χ4n) is 1.37. The molecule has 0 unspecified atom stereocenters. The SMILES string of the molecule is C=CCCn1oc2ccccc2c1=O. The van der Waals surface area contributed by atoms with E-state index < -0.39 is 0 Å². The number of aromatic nitrogens is 1. The number of rotatable bonds is 3. The molecule has 1 heterocycles. The number of benzene rings is 1. The second kappa shape index (κ2) is 3.54. The van der Waals surface area contributed by atoms with Crippen LogP contribution in [0.3, 0.4) is 0 Å². The first kappa shape index (κ1) is 8.81. The van der Waals surface area contributed by atoms with Crippen LogP contribution in [-0.4, -0.2) is 4.74 Å². The highest BCUT2D eigenvalue weighted by Gasteiger charge is 2.06. The Morgan fingerprint density at radius 1 is 1.43 bits per heavy atom. The number of fused-ring (bicyclic) bond motifs is 1. The lowest BCUT2D eigenvalue weighted by molar-refractivity contribution is 0.285. The molecule has 1 aromatic carbocycles. The highest BCUT2D eigenvalue weighted by molar-refractivity contribution is 5.75. The molecule has 3 nitrogen and oxygen atoms in total. The average molecular weight is 189 g/mol. The van der Waals surface area contributed by atoms with E-state index in [0.29, 0.717) is 17.5 Å². The molecule has 0 saturated carbocycles. The van der Waals surface area contributed by atoms with E-state index in [1.807, 2.05) is 12.1 Å². The molecule has 0 N–H and O–H groups in total. The Morgan fingerprint density at radius 2 is 2.21 bits per heavy atom. The molecule has 0 radical (unpaired) electrons. The minimum atomic E-state index is -0.0672. The zero-order valence-electron chi connectivity index (χ0n) is 7.77. The standard InChI is InChI=1S/C11H11NO2/c1-2-3-8-12-11(13)9-6-4-5-7-10(9)14-12/h2,4-7H,1,3,8H2. The Balaban J connectivity index is 2.51. The maximum Gasteiger partial charge on any atom is 0.290 e. The van der Waals surface area contributed by atoms with Crippen molar-refractivity contribution in [3.8, 4) is 0 Å². The molecule has 0 spiro atoms. The lowest BCUT2D eigenvalue weighted by atomic mass is 10.3. The van der Waals surface area contributed by atoms with Crippen LogP contribution in [0.1, 0.15) is 6.42 Å². The predicted molar refractivity (Wildman–Crippen MR) is 55.3 cm³/mol. The van der Waals surface area contributed by atoms with Gasteiger partial charge in [-0.25, -0.2) is 0 Å². The molecule has 3 heteroatoms. The van der Waals surface area contributed by atoms with E-state index in [1.54, 1.807) is 18.2 Å². The van der Waals surface area contributed by atoms with Crippen molar-refractivity contribution in [1.29, 1.82) is 0 Å². The van der Waals surface area contributed by atoms with Crippen molar-refractivity contribution < 1.29 is 4.52 Å². The lowest BCUT2D eigenvalue weighted by Crippen LogP contribution is -2.13. The summed E-state index contributed by atoms with van der Waals surface area (Å²) in [6.07, 6.45) is 2.50. The molecule has 72 valence electrons.